The van der Waals surface area contributed by atoms with Crippen molar-refractivity contribution in [3.8, 4) is 0 Å². The molecule has 1 fully saturated rings. The molecule has 1 heterocycles. The highest BCUT2D eigenvalue weighted by molar-refractivity contribution is 5.81. The lowest BCUT2D eigenvalue weighted by Crippen LogP contribution is -2.49. The molecular weight excluding hydrogens is 246 g/mol. The van der Waals surface area contributed by atoms with E-state index in [1.807, 2.05) is 12.3 Å². The molecule has 3 nitrogen and oxygen atoms in total. The normalized spacial score (nSPS) is 17.9. The minimum Gasteiger partial charge on any atom is -0.329 e. The highest BCUT2D eigenvalue weighted by Gasteiger charge is 2.36. The molecule has 1 aromatic heterocycles. The second kappa shape index (κ2) is 5.51. The van der Waals surface area contributed by atoms with E-state index < -0.39 is 0 Å². The summed E-state index contributed by atoms with van der Waals surface area (Å²) in [4.78, 5) is 7.00. The summed E-state index contributed by atoms with van der Waals surface area (Å²) in [5, 5.41) is 1.21. The second-order valence-electron chi connectivity index (χ2n) is 5.98. The van der Waals surface area contributed by atoms with Crippen molar-refractivity contribution in [3.05, 3.63) is 42.1 Å². The summed E-state index contributed by atoms with van der Waals surface area (Å²) < 4.78 is 0. The number of fused-ring (bicyclic) bond motifs is 1. The number of benzene rings is 1. The fourth-order valence-electron chi connectivity index (χ4n) is 3.49. The number of aromatic nitrogens is 1. The van der Waals surface area contributed by atoms with E-state index in [4.69, 9.17) is 5.73 Å². The SMILES string of the molecule is CN(Cc1cccc2cccnc12)C1(CN)CCCC1. The zero-order valence-corrected chi connectivity index (χ0v) is 12.2. The van der Waals surface area contributed by atoms with Crippen LogP contribution in [-0.2, 0) is 6.54 Å². The number of hydrogen-bond acceptors (Lipinski definition) is 3. The Morgan fingerprint density at radius 2 is 1.95 bits per heavy atom. The van der Waals surface area contributed by atoms with Gasteiger partial charge in [0, 0.05) is 30.2 Å². The molecular formula is C17H23N3. The van der Waals surface area contributed by atoms with E-state index in [0.717, 1.165) is 18.6 Å². The third kappa shape index (κ3) is 2.32. The largest absolute Gasteiger partial charge is 0.329 e. The number of likely N-dealkylation sites (N-methyl/N-ethyl adjacent to an activating group) is 1. The predicted molar refractivity (Wildman–Crippen MR) is 83.5 cm³/mol. The third-order valence-corrected chi connectivity index (χ3v) is 4.85. The summed E-state index contributed by atoms with van der Waals surface area (Å²) in [6, 6.07) is 10.6. The molecule has 0 spiro atoms. The Morgan fingerprint density at radius 3 is 2.70 bits per heavy atom. The molecule has 106 valence electrons. The van der Waals surface area contributed by atoms with Gasteiger partial charge in [-0.2, -0.15) is 0 Å². The van der Waals surface area contributed by atoms with Gasteiger partial charge >= 0.3 is 0 Å². The fourth-order valence-corrected chi connectivity index (χ4v) is 3.49. The lowest BCUT2D eigenvalue weighted by atomic mass is 9.95. The van der Waals surface area contributed by atoms with E-state index in [-0.39, 0.29) is 5.54 Å². The molecule has 20 heavy (non-hydrogen) atoms. The van der Waals surface area contributed by atoms with Crippen molar-refractivity contribution in [2.45, 2.75) is 37.8 Å². The van der Waals surface area contributed by atoms with Gasteiger partial charge in [0.1, 0.15) is 0 Å². The summed E-state index contributed by atoms with van der Waals surface area (Å²) >= 11 is 0. The first-order valence-electron chi connectivity index (χ1n) is 7.49. The topological polar surface area (TPSA) is 42.2 Å². The van der Waals surface area contributed by atoms with Crippen LogP contribution in [0.25, 0.3) is 10.9 Å². The van der Waals surface area contributed by atoms with Crippen LogP contribution in [0.3, 0.4) is 0 Å². The van der Waals surface area contributed by atoms with Gasteiger partial charge in [0.2, 0.25) is 0 Å². The Balaban J connectivity index is 1.89. The van der Waals surface area contributed by atoms with Crippen LogP contribution in [0.2, 0.25) is 0 Å². The van der Waals surface area contributed by atoms with Crippen LogP contribution in [0.5, 0.6) is 0 Å². The Morgan fingerprint density at radius 1 is 1.20 bits per heavy atom. The first-order chi connectivity index (χ1) is 9.75. The quantitative estimate of drug-likeness (QED) is 0.928. The van der Waals surface area contributed by atoms with Crippen molar-refractivity contribution in [1.82, 2.24) is 9.88 Å². The molecule has 2 aromatic rings. The maximum atomic E-state index is 6.08. The van der Waals surface area contributed by atoms with Crippen molar-refractivity contribution in [2.75, 3.05) is 13.6 Å². The second-order valence-corrected chi connectivity index (χ2v) is 5.98. The first-order valence-corrected chi connectivity index (χ1v) is 7.49. The monoisotopic (exact) mass is 269 g/mol. The molecule has 1 aromatic carbocycles. The average molecular weight is 269 g/mol. The van der Waals surface area contributed by atoms with Gasteiger partial charge < -0.3 is 5.73 Å². The molecule has 0 bridgehead atoms. The molecule has 0 radical (unpaired) electrons. The zero-order valence-electron chi connectivity index (χ0n) is 12.2. The van der Waals surface area contributed by atoms with E-state index >= 15 is 0 Å². The van der Waals surface area contributed by atoms with Crippen LogP contribution < -0.4 is 5.73 Å². The zero-order chi connectivity index (χ0) is 14.0. The minimum atomic E-state index is 0.191. The lowest BCUT2D eigenvalue weighted by Gasteiger charge is -2.38. The standard InChI is InChI=1S/C17H23N3/c1-20(17(13-18)9-2-3-10-17)12-15-7-4-6-14-8-5-11-19-16(14)15/h4-8,11H,2-3,9-10,12-13,18H2,1H3. The van der Waals surface area contributed by atoms with Crippen molar-refractivity contribution in [2.24, 2.45) is 5.73 Å². The van der Waals surface area contributed by atoms with Gasteiger partial charge in [-0.1, -0.05) is 37.1 Å². The molecule has 1 aliphatic rings. The van der Waals surface area contributed by atoms with Crippen LogP contribution in [0.4, 0.5) is 0 Å². The average Bonchev–Trinajstić information content (AvgIpc) is 2.98. The summed E-state index contributed by atoms with van der Waals surface area (Å²) in [5.74, 6) is 0. The van der Waals surface area contributed by atoms with E-state index in [2.05, 4.69) is 41.2 Å². The number of hydrogen-bond donors (Lipinski definition) is 1. The molecule has 0 amide bonds. The lowest BCUT2D eigenvalue weighted by molar-refractivity contribution is 0.124. The number of para-hydroxylation sites is 1. The van der Waals surface area contributed by atoms with Crippen molar-refractivity contribution in [3.63, 3.8) is 0 Å². The van der Waals surface area contributed by atoms with Gasteiger partial charge in [-0.05, 0) is 31.5 Å². The highest BCUT2D eigenvalue weighted by atomic mass is 15.2. The molecule has 2 N–H and O–H groups in total. The molecule has 0 saturated heterocycles. The van der Waals surface area contributed by atoms with Gasteiger partial charge in [0.15, 0.2) is 0 Å². The van der Waals surface area contributed by atoms with Gasteiger partial charge in [-0.25, -0.2) is 0 Å². The van der Waals surface area contributed by atoms with E-state index in [9.17, 15) is 0 Å². The van der Waals surface area contributed by atoms with Gasteiger partial charge in [-0.3, -0.25) is 9.88 Å². The Bertz CT molecular complexity index is 582. The summed E-state index contributed by atoms with van der Waals surface area (Å²) in [6.45, 7) is 1.67. The third-order valence-electron chi connectivity index (χ3n) is 4.85. The van der Waals surface area contributed by atoms with Crippen LogP contribution >= 0.6 is 0 Å². The Labute approximate surface area is 120 Å². The molecule has 0 aliphatic heterocycles. The molecule has 3 heteroatoms. The molecule has 3 rings (SSSR count). The number of pyridine rings is 1. The number of nitrogens with zero attached hydrogens (tertiary/aromatic N) is 2. The van der Waals surface area contributed by atoms with E-state index in [1.165, 1.54) is 36.6 Å². The Hall–Kier alpha value is -1.45. The maximum Gasteiger partial charge on any atom is 0.0746 e. The van der Waals surface area contributed by atoms with E-state index in [1.54, 1.807) is 0 Å². The van der Waals surface area contributed by atoms with Crippen molar-refractivity contribution >= 4 is 10.9 Å². The fraction of sp³-hybridized carbons (Fsp3) is 0.471. The van der Waals surface area contributed by atoms with Crippen molar-refractivity contribution in [1.29, 1.82) is 0 Å². The van der Waals surface area contributed by atoms with Gasteiger partial charge in [-0.15, -0.1) is 0 Å². The number of nitrogens with two attached hydrogens (primary N) is 1. The van der Waals surface area contributed by atoms with Gasteiger partial charge in [0.05, 0.1) is 5.52 Å². The summed E-state index contributed by atoms with van der Waals surface area (Å²) in [6.07, 6.45) is 6.92. The molecule has 1 aliphatic carbocycles. The summed E-state index contributed by atoms with van der Waals surface area (Å²) in [7, 11) is 2.21. The maximum absolute atomic E-state index is 6.08. The van der Waals surface area contributed by atoms with E-state index in [0.29, 0.717) is 0 Å². The predicted octanol–water partition coefficient (Wildman–Crippen LogP) is 2.94. The minimum absolute atomic E-state index is 0.191. The summed E-state index contributed by atoms with van der Waals surface area (Å²) in [5.41, 5.74) is 8.68. The molecule has 1 saturated carbocycles. The van der Waals surface area contributed by atoms with Crippen LogP contribution in [-0.4, -0.2) is 29.0 Å². The highest BCUT2D eigenvalue weighted by Crippen LogP contribution is 2.34. The van der Waals surface area contributed by atoms with Crippen LogP contribution in [0.1, 0.15) is 31.2 Å². The smallest absolute Gasteiger partial charge is 0.0746 e. The molecule has 0 unspecified atom stereocenters. The van der Waals surface area contributed by atoms with Crippen molar-refractivity contribution < 1.29 is 0 Å². The van der Waals surface area contributed by atoms with Gasteiger partial charge in [0.25, 0.3) is 0 Å². The first kappa shape index (κ1) is 13.5. The van der Waals surface area contributed by atoms with Crippen LogP contribution in [0, 0.1) is 0 Å². The number of rotatable bonds is 4. The Kier molecular flexibility index (Phi) is 3.72. The van der Waals surface area contributed by atoms with Crippen LogP contribution in [0.15, 0.2) is 36.5 Å². The molecule has 0 atom stereocenters.